The molecule has 0 aliphatic carbocycles. The Kier molecular flexibility index (Phi) is 6.48. The molecule has 0 radical (unpaired) electrons. The third-order valence-electron chi connectivity index (χ3n) is 2.63. The molecular formula is C12H19ClN2O3S. The summed E-state index contributed by atoms with van der Waals surface area (Å²) in [5.74, 6) is 0.00547. The van der Waals surface area contributed by atoms with Crippen LogP contribution in [0.3, 0.4) is 0 Å². The smallest absolute Gasteiger partial charge is 0.229 e. The average Bonchev–Trinajstić information content (AvgIpc) is 2.26. The van der Waals surface area contributed by atoms with Gasteiger partial charge in [-0.15, -0.1) is 12.4 Å². The van der Waals surface area contributed by atoms with Gasteiger partial charge in [-0.1, -0.05) is 0 Å². The van der Waals surface area contributed by atoms with Crippen molar-refractivity contribution in [3.63, 3.8) is 0 Å². The first-order chi connectivity index (χ1) is 8.20. The number of sulfonamides is 1. The van der Waals surface area contributed by atoms with Crippen LogP contribution in [0, 0.1) is 0 Å². The van der Waals surface area contributed by atoms with Gasteiger partial charge in [0.25, 0.3) is 0 Å². The van der Waals surface area contributed by atoms with Crippen LogP contribution in [0.25, 0.3) is 0 Å². The second kappa shape index (κ2) is 6.88. The molecule has 0 amide bonds. The van der Waals surface area contributed by atoms with Crippen molar-refractivity contribution in [2.24, 2.45) is 0 Å². The summed E-state index contributed by atoms with van der Waals surface area (Å²) in [5.41, 5.74) is 1.02. The quantitative estimate of drug-likeness (QED) is 0.839. The summed E-state index contributed by atoms with van der Waals surface area (Å²) in [6.45, 7) is 1.82. The van der Waals surface area contributed by atoms with Gasteiger partial charge in [0.15, 0.2) is 5.78 Å². The number of rotatable bonds is 5. The number of nitrogens with one attached hydrogen (secondary N) is 1. The van der Waals surface area contributed by atoms with Crippen molar-refractivity contribution in [2.75, 3.05) is 25.1 Å². The maximum atomic E-state index is 12.0. The van der Waals surface area contributed by atoms with Crippen molar-refractivity contribution in [1.29, 1.82) is 0 Å². The lowest BCUT2D eigenvalue weighted by atomic mass is 10.0. The van der Waals surface area contributed by atoms with E-state index in [-0.39, 0.29) is 24.2 Å². The fourth-order valence-corrected chi connectivity index (χ4v) is 1.96. The highest BCUT2D eigenvalue weighted by molar-refractivity contribution is 7.92. The van der Waals surface area contributed by atoms with Crippen molar-refractivity contribution in [3.05, 3.63) is 29.8 Å². The van der Waals surface area contributed by atoms with Crippen molar-refractivity contribution in [2.45, 2.75) is 13.0 Å². The zero-order valence-electron chi connectivity index (χ0n) is 11.4. The molecule has 1 atom stereocenters. The van der Waals surface area contributed by atoms with Crippen LogP contribution in [-0.4, -0.2) is 45.5 Å². The first kappa shape index (κ1) is 17.9. The van der Waals surface area contributed by atoms with Gasteiger partial charge in [0.05, 0.1) is 12.3 Å². The molecule has 19 heavy (non-hydrogen) atoms. The van der Waals surface area contributed by atoms with Gasteiger partial charge >= 0.3 is 0 Å². The predicted octanol–water partition coefficient (Wildman–Crippen LogP) is 1.61. The molecule has 0 spiro atoms. The molecule has 1 rings (SSSR count). The lowest BCUT2D eigenvalue weighted by molar-refractivity contribution is 0.0891. The van der Waals surface area contributed by atoms with E-state index in [9.17, 15) is 13.2 Å². The maximum Gasteiger partial charge on any atom is 0.229 e. The number of nitrogens with zero attached hydrogens (tertiary/aromatic N) is 1. The molecule has 0 aromatic heterocycles. The van der Waals surface area contributed by atoms with Gasteiger partial charge in [0, 0.05) is 11.3 Å². The van der Waals surface area contributed by atoms with Gasteiger partial charge in [-0.05, 0) is 45.3 Å². The molecule has 5 nitrogen and oxygen atoms in total. The molecule has 0 saturated carbocycles. The highest BCUT2D eigenvalue weighted by Gasteiger charge is 2.16. The van der Waals surface area contributed by atoms with Crippen molar-refractivity contribution >= 4 is 33.9 Å². The van der Waals surface area contributed by atoms with Crippen molar-refractivity contribution < 1.29 is 13.2 Å². The Morgan fingerprint density at radius 1 is 1.21 bits per heavy atom. The molecule has 1 aromatic carbocycles. The van der Waals surface area contributed by atoms with E-state index in [1.807, 2.05) is 25.9 Å². The van der Waals surface area contributed by atoms with E-state index in [4.69, 9.17) is 0 Å². The second-order valence-corrected chi connectivity index (χ2v) is 6.20. The number of hydrogen-bond acceptors (Lipinski definition) is 4. The Morgan fingerprint density at radius 3 is 2.05 bits per heavy atom. The summed E-state index contributed by atoms with van der Waals surface area (Å²) >= 11 is 0. The number of carbonyl (C=O) groups excluding carboxylic acids is 1. The fraction of sp³-hybridized carbons (Fsp3) is 0.417. The number of halogens is 1. The molecule has 0 aliphatic heterocycles. The topological polar surface area (TPSA) is 66.5 Å². The van der Waals surface area contributed by atoms with E-state index in [2.05, 4.69) is 4.72 Å². The molecule has 7 heteroatoms. The molecule has 1 N–H and O–H groups in total. The second-order valence-electron chi connectivity index (χ2n) is 4.46. The van der Waals surface area contributed by atoms with Crippen LogP contribution in [0.15, 0.2) is 24.3 Å². The Balaban J connectivity index is 0.00000324. The molecular weight excluding hydrogens is 288 g/mol. The van der Waals surface area contributed by atoms with Gasteiger partial charge in [0.1, 0.15) is 0 Å². The van der Waals surface area contributed by atoms with Crippen LogP contribution in [0.2, 0.25) is 0 Å². The van der Waals surface area contributed by atoms with Gasteiger partial charge in [-0.25, -0.2) is 8.42 Å². The van der Waals surface area contributed by atoms with Gasteiger partial charge in [-0.3, -0.25) is 14.4 Å². The molecule has 0 bridgehead atoms. The maximum absolute atomic E-state index is 12.0. The highest BCUT2D eigenvalue weighted by Crippen LogP contribution is 2.13. The Labute approximate surface area is 120 Å². The lowest BCUT2D eigenvalue weighted by Gasteiger charge is -2.18. The Morgan fingerprint density at radius 2 is 1.68 bits per heavy atom. The minimum atomic E-state index is -3.28. The first-order valence-electron chi connectivity index (χ1n) is 5.49. The molecule has 0 unspecified atom stereocenters. The van der Waals surface area contributed by atoms with E-state index < -0.39 is 10.0 Å². The minimum absolute atomic E-state index is 0. The molecule has 0 heterocycles. The van der Waals surface area contributed by atoms with E-state index in [0.717, 1.165) is 6.26 Å². The van der Waals surface area contributed by atoms with Crippen LogP contribution in [0.1, 0.15) is 17.3 Å². The molecule has 1 aromatic rings. The van der Waals surface area contributed by atoms with Crippen LogP contribution in [-0.2, 0) is 10.0 Å². The number of likely N-dealkylation sites (N-methyl/N-ethyl adjacent to an activating group) is 1. The molecule has 0 fully saturated rings. The molecule has 0 aliphatic rings. The van der Waals surface area contributed by atoms with E-state index in [1.165, 1.54) is 0 Å². The number of benzene rings is 1. The summed E-state index contributed by atoms with van der Waals surface area (Å²) in [4.78, 5) is 13.8. The number of anilines is 1. The Hall–Kier alpha value is -1.11. The van der Waals surface area contributed by atoms with E-state index in [1.54, 1.807) is 24.3 Å². The lowest BCUT2D eigenvalue weighted by Crippen LogP contribution is -2.32. The third-order valence-corrected chi connectivity index (χ3v) is 3.23. The zero-order chi connectivity index (χ0) is 13.9. The van der Waals surface area contributed by atoms with Gasteiger partial charge in [-0.2, -0.15) is 0 Å². The van der Waals surface area contributed by atoms with Crippen molar-refractivity contribution in [1.82, 2.24) is 4.90 Å². The van der Waals surface area contributed by atoms with E-state index >= 15 is 0 Å². The monoisotopic (exact) mass is 306 g/mol. The van der Waals surface area contributed by atoms with E-state index in [0.29, 0.717) is 11.3 Å². The number of carbonyl (C=O) groups is 1. The predicted molar refractivity (Wildman–Crippen MR) is 79.6 cm³/mol. The minimum Gasteiger partial charge on any atom is -0.300 e. The SMILES string of the molecule is C[C@@H](C(=O)c1ccc(NS(C)(=O)=O)cc1)N(C)C.Cl. The van der Waals surface area contributed by atoms with Gasteiger partial charge in [0.2, 0.25) is 10.0 Å². The summed E-state index contributed by atoms with van der Waals surface area (Å²) in [6, 6.07) is 6.19. The largest absolute Gasteiger partial charge is 0.300 e. The summed E-state index contributed by atoms with van der Waals surface area (Å²) in [5, 5.41) is 0. The molecule has 108 valence electrons. The van der Waals surface area contributed by atoms with Crippen LogP contribution in [0.4, 0.5) is 5.69 Å². The summed E-state index contributed by atoms with van der Waals surface area (Å²) in [6.07, 6.45) is 1.08. The van der Waals surface area contributed by atoms with Crippen molar-refractivity contribution in [3.8, 4) is 0 Å². The van der Waals surface area contributed by atoms with Crippen LogP contribution in [0.5, 0.6) is 0 Å². The number of hydrogen-bond donors (Lipinski definition) is 1. The van der Waals surface area contributed by atoms with Crippen LogP contribution < -0.4 is 4.72 Å². The number of Topliss-reactive ketones (excluding diaryl/α,β-unsaturated/α-hetero) is 1. The average molecular weight is 307 g/mol. The zero-order valence-corrected chi connectivity index (χ0v) is 13.0. The third kappa shape index (κ3) is 5.59. The Bertz CT molecular complexity index is 526. The summed E-state index contributed by atoms with van der Waals surface area (Å²) < 4.78 is 24.4. The summed E-state index contributed by atoms with van der Waals surface area (Å²) in [7, 11) is 0.388. The highest BCUT2D eigenvalue weighted by atomic mass is 35.5. The standard InChI is InChI=1S/C12H18N2O3S.ClH/c1-9(14(2)3)12(15)10-5-7-11(8-6-10)13-18(4,16)17;/h5-9,13H,1-4H3;1H/t9-;/m0./s1. The molecule has 0 saturated heterocycles. The fourth-order valence-electron chi connectivity index (χ4n) is 1.39. The normalized spacial score (nSPS) is 12.7. The first-order valence-corrected chi connectivity index (χ1v) is 7.38. The van der Waals surface area contributed by atoms with Crippen LogP contribution >= 0.6 is 12.4 Å². The van der Waals surface area contributed by atoms with Gasteiger partial charge < -0.3 is 0 Å². The number of ketones is 1.